The van der Waals surface area contributed by atoms with Gasteiger partial charge in [-0.25, -0.2) is 4.98 Å². The van der Waals surface area contributed by atoms with Crippen molar-refractivity contribution in [1.82, 2.24) is 9.97 Å². The second-order valence-corrected chi connectivity index (χ2v) is 9.05. The molecule has 0 atom stereocenters. The Balaban J connectivity index is 1.44. The van der Waals surface area contributed by atoms with E-state index in [2.05, 4.69) is 9.97 Å². The first-order chi connectivity index (χ1) is 13.3. The number of aromatic nitrogens is 2. The highest BCUT2D eigenvalue weighted by Crippen LogP contribution is 2.29. The van der Waals surface area contributed by atoms with E-state index < -0.39 is 0 Å². The molecule has 4 rings (SSSR count). The number of rotatable bonds is 5. The molecule has 6 nitrogen and oxygen atoms in total. The molecule has 0 radical (unpaired) electrons. The maximum absolute atomic E-state index is 12.5. The Hall–Kier alpha value is -2.45. The maximum Gasteiger partial charge on any atom is 0.259 e. The van der Waals surface area contributed by atoms with Crippen LogP contribution in [0.2, 0.25) is 0 Å². The fourth-order valence-electron chi connectivity index (χ4n) is 3.33. The molecule has 0 saturated carbocycles. The van der Waals surface area contributed by atoms with Gasteiger partial charge in [-0.3, -0.25) is 14.4 Å². The van der Waals surface area contributed by atoms with E-state index in [9.17, 15) is 14.4 Å². The third-order valence-electron chi connectivity index (χ3n) is 5.04. The average molecular weight is 414 g/mol. The zero-order valence-electron chi connectivity index (χ0n) is 15.8. The molecule has 3 aromatic rings. The van der Waals surface area contributed by atoms with Crippen LogP contribution in [0.5, 0.6) is 0 Å². The zero-order valence-corrected chi connectivity index (χ0v) is 17.4. The van der Waals surface area contributed by atoms with Crippen LogP contribution < -0.4 is 10.5 Å². The van der Waals surface area contributed by atoms with E-state index in [1.54, 1.807) is 18.0 Å². The van der Waals surface area contributed by atoms with Gasteiger partial charge in [-0.05, 0) is 43.2 Å². The van der Waals surface area contributed by atoms with E-state index >= 15 is 0 Å². The molecule has 3 heterocycles. The van der Waals surface area contributed by atoms with Crippen molar-refractivity contribution in [3.05, 3.63) is 55.9 Å². The van der Waals surface area contributed by atoms with Gasteiger partial charge in [0.25, 0.3) is 5.56 Å². The molecule has 1 amide bonds. The molecule has 1 aliphatic rings. The monoisotopic (exact) mass is 413 g/mol. The summed E-state index contributed by atoms with van der Waals surface area (Å²) in [6.07, 6.45) is 0.338. The van der Waals surface area contributed by atoms with Gasteiger partial charge in [0, 0.05) is 23.2 Å². The Bertz CT molecular complexity index is 1180. The number of carbonyl (C=O) groups is 2. The van der Waals surface area contributed by atoms with Gasteiger partial charge in [-0.1, -0.05) is 0 Å². The second-order valence-electron chi connectivity index (χ2n) is 6.87. The van der Waals surface area contributed by atoms with Gasteiger partial charge >= 0.3 is 0 Å². The lowest BCUT2D eigenvalue weighted by Gasteiger charge is -2.10. The van der Waals surface area contributed by atoms with Gasteiger partial charge in [0.15, 0.2) is 5.78 Å². The van der Waals surface area contributed by atoms with Crippen molar-refractivity contribution >= 4 is 50.7 Å². The van der Waals surface area contributed by atoms with Crippen molar-refractivity contribution in [3.63, 3.8) is 0 Å². The van der Waals surface area contributed by atoms with Crippen molar-refractivity contribution < 1.29 is 9.59 Å². The third-order valence-corrected chi connectivity index (χ3v) is 7.08. The minimum atomic E-state index is -0.124. The number of amides is 1. The van der Waals surface area contributed by atoms with Crippen LogP contribution >= 0.6 is 23.1 Å². The zero-order chi connectivity index (χ0) is 20.0. The SMILES string of the molecule is Cc1sc2nc(CSCC(=O)c3ccc4c(c3)CC(=O)N4C)[nH]c(=O)c2c1C. The summed E-state index contributed by atoms with van der Waals surface area (Å²) in [6, 6.07) is 5.40. The standard InChI is InChI=1S/C20H19N3O3S2/c1-10-11(2)28-20-18(10)19(26)21-16(22-20)9-27-8-15(24)12-4-5-14-13(6-12)7-17(25)23(14)3/h4-6H,7-9H2,1-3H3,(H,21,22,26). The lowest BCUT2D eigenvalue weighted by molar-refractivity contribution is -0.117. The number of likely N-dealkylation sites (N-methyl/N-ethyl adjacent to an activating group) is 1. The van der Waals surface area contributed by atoms with Crippen molar-refractivity contribution in [2.45, 2.75) is 26.0 Å². The number of thiophene rings is 1. The van der Waals surface area contributed by atoms with Crippen molar-refractivity contribution in [3.8, 4) is 0 Å². The summed E-state index contributed by atoms with van der Waals surface area (Å²) in [5.74, 6) is 1.36. The number of nitrogens with zero attached hydrogens (tertiary/aromatic N) is 2. The predicted octanol–water partition coefficient (Wildman–Crippen LogP) is 3.24. The lowest BCUT2D eigenvalue weighted by Crippen LogP contribution is -2.20. The molecule has 28 heavy (non-hydrogen) atoms. The highest BCUT2D eigenvalue weighted by atomic mass is 32.2. The summed E-state index contributed by atoms with van der Waals surface area (Å²) in [5.41, 5.74) is 3.22. The summed E-state index contributed by atoms with van der Waals surface area (Å²) in [7, 11) is 1.74. The molecule has 1 aromatic carbocycles. The van der Waals surface area contributed by atoms with Gasteiger partial charge in [0.2, 0.25) is 5.91 Å². The number of benzene rings is 1. The van der Waals surface area contributed by atoms with Crippen LogP contribution in [-0.4, -0.2) is 34.5 Å². The number of aromatic amines is 1. The Kier molecular flexibility index (Phi) is 4.84. The molecule has 0 aliphatic carbocycles. The number of anilines is 1. The van der Waals surface area contributed by atoms with Gasteiger partial charge in [0.1, 0.15) is 10.7 Å². The summed E-state index contributed by atoms with van der Waals surface area (Å²) < 4.78 is 0. The molecule has 0 bridgehead atoms. The molecule has 0 saturated heterocycles. The number of thioether (sulfide) groups is 1. The Labute approximate surface area is 170 Å². The number of Topliss-reactive ketones (excluding diaryl/α,β-unsaturated/α-hetero) is 1. The normalized spacial score (nSPS) is 13.4. The summed E-state index contributed by atoms with van der Waals surface area (Å²) in [6.45, 7) is 3.91. The van der Waals surface area contributed by atoms with Crippen LogP contribution in [-0.2, 0) is 17.0 Å². The molecule has 144 valence electrons. The van der Waals surface area contributed by atoms with Crippen LogP contribution in [0.4, 0.5) is 5.69 Å². The van der Waals surface area contributed by atoms with Gasteiger partial charge in [0.05, 0.1) is 23.3 Å². The van der Waals surface area contributed by atoms with Crippen molar-refractivity contribution in [2.75, 3.05) is 17.7 Å². The number of carbonyl (C=O) groups excluding carboxylic acids is 2. The van der Waals surface area contributed by atoms with Gasteiger partial charge in [-0.2, -0.15) is 0 Å². The average Bonchev–Trinajstić information content (AvgIpc) is 3.10. The van der Waals surface area contributed by atoms with Crippen molar-refractivity contribution in [1.29, 1.82) is 0 Å². The fraction of sp³-hybridized carbons (Fsp3) is 0.300. The first-order valence-electron chi connectivity index (χ1n) is 8.84. The summed E-state index contributed by atoms with van der Waals surface area (Å²) in [5, 5.41) is 0.657. The number of fused-ring (bicyclic) bond motifs is 2. The van der Waals surface area contributed by atoms with Crippen LogP contribution in [0.15, 0.2) is 23.0 Å². The molecule has 1 N–H and O–H groups in total. The van der Waals surface area contributed by atoms with Crippen LogP contribution in [0, 0.1) is 13.8 Å². The van der Waals surface area contributed by atoms with Crippen LogP contribution in [0.3, 0.4) is 0 Å². The number of hydrogen-bond donors (Lipinski definition) is 1. The number of ketones is 1. The maximum atomic E-state index is 12.5. The van der Waals surface area contributed by atoms with Gasteiger partial charge in [-0.15, -0.1) is 23.1 Å². The summed E-state index contributed by atoms with van der Waals surface area (Å²) in [4.78, 5) is 47.4. The highest BCUT2D eigenvalue weighted by Gasteiger charge is 2.24. The first kappa shape index (κ1) is 18.9. The van der Waals surface area contributed by atoms with Gasteiger partial charge < -0.3 is 9.88 Å². The van der Waals surface area contributed by atoms with E-state index in [-0.39, 0.29) is 23.0 Å². The molecular formula is C20H19N3O3S2. The topological polar surface area (TPSA) is 83.1 Å². The number of nitrogens with one attached hydrogen (secondary N) is 1. The number of hydrogen-bond acceptors (Lipinski definition) is 6. The van der Waals surface area contributed by atoms with Crippen LogP contribution in [0.25, 0.3) is 10.2 Å². The minimum Gasteiger partial charge on any atom is -0.315 e. The fourth-order valence-corrected chi connectivity index (χ4v) is 5.17. The van der Waals surface area contributed by atoms with Crippen LogP contribution in [0.1, 0.15) is 32.2 Å². The van der Waals surface area contributed by atoms with E-state index in [1.807, 2.05) is 26.0 Å². The molecule has 2 aromatic heterocycles. The largest absolute Gasteiger partial charge is 0.315 e. The number of aryl methyl sites for hydroxylation is 2. The minimum absolute atomic E-state index is 0.000963. The smallest absolute Gasteiger partial charge is 0.259 e. The van der Waals surface area contributed by atoms with E-state index in [0.717, 1.165) is 26.5 Å². The molecular weight excluding hydrogens is 394 g/mol. The first-order valence-corrected chi connectivity index (χ1v) is 10.8. The van der Waals surface area contributed by atoms with E-state index in [4.69, 9.17) is 0 Å². The molecule has 0 spiro atoms. The quantitative estimate of drug-likeness (QED) is 0.649. The molecule has 0 unspecified atom stereocenters. The van der Waals surface area contributed by atoms with E-state index in [0.29, 0.717) is 28.9 Å². The predicted molar refractivity (Wildman–Crippen MR) is 114 cm³/mol. The number of H-pyrrole nitrogens is 1. The highest BCUT2D eigenvalue weighted by molar-refractivity contribution is 7.99. The Morgan fingerprint density at radius 1 is 1.32 bits per heavy atom. The summed E-state index contributed by atoms with van der Waals surface area (Å²) >= 11 is 2.93. The molecule has 1 aliphatic heterocycles. The lowest BCUT2D eigenvalue weighted by atomic mass is 10.1. The molecule has 0 fully saturated rings. The Morgan fingerprint density at radius 3 is 2.89 bits per heavy atom. The second kappa shape index (κ2) is 7.18. The van der Waals surface area contributed by atoms with Crippen molar-refractivity contribution in [2.24, 2.45) is 0 Å². The molecule has 8 heteroatoms. The van der Waals surface area contributed by atoms with E-state index in [1.165, 1.54) is 23.1 Å². The third kappa shape index (κ3) is 3.27. The Morgan fingerprint density at radius 2 is 2.11 bits per heavy atom.